The summed E-state index contributed by atoms with van der Waals surface area (Å²) in [7, 11) is 0. The van der Waals surface area contributed by atoms with E-state index in [2.05, 4.69) is 21.2 Å². The van der Waals surface area contributed by atoms with Gasteiger partial charge in [0.05, 0.1) is 6.04 Å². The first-order valence-electron chi connectivity index (χ1n) is 6.26. The fourth-order valence-corrected chi connectivity index (χ4v) is 2.13. The molecular weight excluding hydrogens is 320 g/mol. The molecule has 0 spiro atoms. The molecule has 0 saturated heterocycles. The molecule has 0 radical (unpaired) electrons. The zero-order valence-corrected chi connectivity index (χ0v) is 12.6. The van der Waals surface area contributed by atoms with E-state index in [1.165, 1.54) is 10.6 Å². The maximum atomic E-state index is 11.9. The Morgan fingerprint density at radius 1 is 1.25 bits per heavy atom. The number of amides is 1. The van der Waals surface area contributed by atoms with Gasteiger partial charge in [0, 0.05) is 16.7 Å². The average Bonchev–Trinajstić information content (AvgIpc) is 2.42. The zero-order valence-electron chi connectivity index (χ0n) is 11.0. The summed E-state index contributed by atoms with van der Waals surface area (Å²) < 4.78 is 2.37. The minimum absolute atomic E-state index is 0.0283. The number of carbonyl (C=O) groups is 1. The highest BCUT2D eigenvalue weighted by atomic mass is 79.9. The molecule has 1 heterocycles. The van der Waals surface area contributed by atoms with Crippen LogP contribution in [0.5, 0.6) is 0 Å². The Morgan fingerprint density at radius 3 is 2.60 bits per heavy atom. The average molecular weight is 335 g/mol. The molecule has 2 rings (SSSR count). The Morgan fingerprint density at radius 2 is 1.95 bits per heavy atom. The Kier molecular flexibility index (Phi) is 4.74. The normalized spacial score (nSPS) is 11.9. The quantitative estimate of drug-likeness (QED) is 0.933. The van der Waals surface area contributed by atoms with E-state index >= 15 is 0 Å². The number of nitrogens with one attached hydrogen (secondary N) is 1. The monoisotopic (exact) mass is 334 g/mol. The highest BCUT2D eigenvalue weighted by molar-refractivity contribution is 9.10. The first kappa shape index (κ1) is 14.5. The van der Waals surface area contributed by atoms with Gasteiger partial charge in [0.2, 0.25) is 5.91 Å². The van der Waals surface area contributed by atoms with Gasteiger partial charge in [-0.1, -0.05) is 34.1 Å². The molecule has 0 aliphatic carbocycles. The van der Waals surface area contributed by atoms with E-state index in [9.17, 15) is 9.59 Å². The molecule has 0 fully saturated rings. The molecule has 1 aromatic heterocycles. The van der Waals surface area contributed by atoms with Crippen molar-refractivity contribution < 1.29 is 4.79 Å². The summed E-state index contributed by atoms with van der Waals surface area (Å²) in [5.41, 5.74) is 0.834. The molecule has 0 aliphatic heterocycles. The molecule has 1 atom stereocenters. The molecule has 1 amide bonds. The number of halogens is 1. The van der Waals surface area contributed by atoms with Crippen LogP contribution in [0.3, 0.4) is 0 Å². The lowest BCUT2D eigenvalue weighted by Gasteiger charge is -2.15. The van der Waals surface area contributed by atoms with Gasteiger partial charge in [-0.25, -0.2) is 0 Å². The van der Waals surface area contributed by atoms with Crippen LogP contribution in [0.2, 0.25) is 0 Å². The maximum Gasteiger partial charge on any atom is 0.250 e. The van der Waals surface area contributed by atoms with E-state index < -0.39 is 0 Å². The summed E-state index contributed by atoms with van der Waals surface area (Å²) in [6.07, 6.45) is 1.60. The van der Waals surface area contributed by atoms with Gasteiger partial charge in [0.1, 0.15) is 6.54 Å². The second kappa shape index (κ2) is 6.52. The van der Waals surface area contributed by atoms with Crippen molar-refractivity contribution in [2.75, 3.05) is 0 Å². The largest absolute Gasteiger partial charge is 0.348 e. The number of hydrogen-bond acceptors (Lipinski definition) is 2. The molecule has 1 N–H and O–H groups in total. The van der Waals surface area contributed by atoms with E-state index in [1.54, 1.807) is 18.3 Å². The number of benzene rings is 1. The highest BCUT2D eigenvalue weighted by Crippen LogP contribution is 2.16. The van der Waals surface area contributed by atoms with Crippen molar-refractivity contribution in [3.63, 3.8) is 0 Å². The predicted octanol–water partition coefficient (Wildman–Crippen LogP) is 2.49. The van der Waals surface area contributed by atoms with Gasteiger partial charge >= 0.3 is 0 Å². The minimum Gasteiger partial charge on any atom is -0.348 e. The Balaban J connectivity index is 1.99. The van der Waals surface area contributed by atoms with Crippen molar-refractivity contribution in [1.29, 1.82) is 0 Å². The molecule has 0 saturated carbocycles. The van der Waals surface area contributed by atoms with Crippen LogP contribution in [0.4, 0.5) is 0 Å². The summed E-state index contributed by atoms with van der Waals surface area (Å²) in [5, 5.41) is 2.88. The van der Waals surface area contributed by atoms with E-state index in [0.717, 1.165) is 10.0 Å². The van der Waals surface area contributed by atoms with Crippen molar-refractivity contribution in [3.05, 3.63) is 69.1 Å². The summed E-state index contributed by atoms with van der Waals surface area (Å²) in [6.45, 7) is 1.94. The lowest BCUT2D eigenvalue weighted by molar-refractivity contribution is -0.122. The second-order valence-corrected chi connectivity index (χ2v) is 5.42. The molecular formula is C15H15BrN2O2. The van der Waals surface area contributed by atoms with Crippen molar-refractivity contribution in [2.45, 2.75) is 19.5 Å². The minimum atomic E-state index is -0.186. The molecule has 20 heavy (non-hydrogen) atoms. The third kappa shape index (κ3) is 3.81. The Bertz CT molecular complexity index is 649. The molecule has 0 aliphatic rings. The number of hydrogen-bond donors (Lipinski definition) is 1. The smallest absolute Gasteiger partial charge is 0.250 e. The number of aromatic nitrogens is 1. The first-order valence-corrected chi connectivity index (χ1v) is 7.06. The van der Waals surface area contributed by atoms with E-state index in [1.807, 2.05) is 31.2 Å². The fourth-order valence-electron chi connectivity index (χ4n) is 1.87. The number of carbonyl (C=O) groups excluding carboxylic acids is 1. The second-order valence-electron chi connectivity index (χ2n) is 4.51. The van der Waals surface area contributed by atoms with Crippen molar-refractivity contribution in [1.82, 2.24) is 9.88 Å². The van der Waals surface area contributed by atoms with Crippen LogP contribution in [0.25, 0.3) is 0 Å². The van der Waals surface area contributed by atoms with Gasteiger partial charge in [0.15, 0.2) is 0 Å². The maximum absolute atomic E-state index is 11.9. The zero-order chi connectivity index (χ0) is 14.5. The molecule has 4 nitrogen and oxygen atoms in total. The van der Waals surface area contributed by atoms with E-state index in [4.69, 9.17) is 0 Å². The standard InChI is InChI=1S/C15H15BrN2O2/c1-11(12-5-7-13(16)8-6-12)17-14(19)10-18-9-3-2-4-15(18)20/h2-9,11H,10H2,1H3,(H,17,19). The van der Waals surface area contributed by atoms with Gasteiger partial charge in [-0.15, -0.1) is 0 Å². The SMILES string of the molecule is CC(NC(=O)Cn1ccccc1=O)c1ccc(Br)cc1. The van der Waals surface area contributed by atoms with Gasteiger partial charge in [-0.3, -0.25) is 9.59 Å². The van der Waals surface area contributed by atoms with Crippen molar-refractivity contribution in [2.24, 2.45) is 0 Å². The number of nitrogens with zero attached hydrogens (tertiary/aromatic N) is 1. The molecule has 1 aromatic carbocycles. The van der Waals surface area contributed by atoms with Crippen LogP contribution in [-0.2, 0) is 11.3 Å². The third-order valence-electron chi connectivity index (χ3n) is 2.96. The first-order chi connectivity index (χ1) is 9.56. The van der Waals surface area contributed by atoms with Gasteiger partial charge in [0.25, 0.3) is 5.56 Å². The molecule has 1 unspecified atom stereocenters. The topological polar surface area (TPSA) is 51.1 Å². The summed E-state index contributed by atoms with van der Waals surface area (Å²) in [4.78, 5) is 23.5. The van der Waals surface area contributed by atoms with Crippen LogP contribution in [0, 0.1) is 0 Å². The van der Waals surface area contributed by atoms with E-state index in [0.29, 0.717) is 0 Å². The van der Waals surface area contributed by atoms with Gasteiger partial charge < -0.3 is 9.88 Å². The number of pyridine rings is 1. The predicted molar refractivity (Wildman–Crippen MR) is 81.4 cm³/mol. The fraction of sp³-hybridized carbons (Fsp3) is 0.200. The summed E-state index contributed by atoms with van der Waals surface area (Å²) >= 11 is 3.37. The van der Waals surface area contributed by atoms with Crippen LogP contribution in [0.15, 0.2) is 57.9 Å². The third-order valence-corrected chi connectivity index (χ3v) is 3.49. The molecule has 5 heteroatoms. The van der Waals surface area contributed by atoms with Gasteiger partial charge in [-0.05, 0) is 30.7 Å². The molecule has 0 bridgehead atoms. The van der Waals surface area contributed by atoms with Crippen LogP contribution in [-0.4, -0.2) is 10.5 Å². The van der Waals surface area contributed by atoms with Crippen molar-refractivity contribution >= 4 is 21.8 Å². The van der Waals surface area contributed by atoms with Crippen LogP contribution in [0.1, 0.15) is 18.5 Å². The Hall–Kier alpha value is -1.88. The highest BCUT2D eigenvalue weighted by Gasteiger charge is 2.10. The van der Waals surface area contributed by atoms with Gasteiger partial charge in [-0.2, -0.15) is 0 Å². The van der Waals surface area contributed by atoms with Crippen LogP contribution >= 0.6 is 15.9 Å². The summed E-state index contributed by atoms with van der Waals surface area (Å²) in [6, 6.07) is 12.5. The molecule has 2 aromatic rings. The number of rotatable bonds is 4. The Labute approximate surface area is 125 Å². The molecule has 104 valence electrons. The lowest BCUT2D eigenvalue weighted by Crippen LogP contribution is -2.33. The van der Waals surface area contributed by atoms with Crippen molar-refractivity contribution in [3.8, 4) is 0 Å². The van der Waals surface area contributed by atoms with E-state index in [-0.39, 0.29) is 24.1 Å². The lowest BCUT2D eigenvalue weighted by atomic mass is 10.1. The van der Waals surface area contributed by atoms with Crippen LogP contribution < -0.4 is 10.9 Å². The summed E-state index contributed by atoms with van der Waals surface area (Å²) in [5.74, 6) is -0.186.